The molecule has 0 spiro atoms. The molecule has 0 radical (unpaired) electrons. The van der Waals surface area contributed by atoms with Crippen molar-refractivity contribution in [1.29, 1.82) is 0 Å². The number of hydrogen-bond acceptors (Lipinski definition) is 3. The van der Waals surface area contributed by atoms with E-state index in [1.54, 1.807) is 0 Å². The van der Waals surface area contributed by atoms with Gasteiger partial charge in [0.15, 0.2) is 17.4 Å². The Morgan fingerprint density at radius 1 is 0.667 bits per heavy atom. The van der Waals surface area contributed by atoms with Gasteiger partial charge in [-0.3, -0.25) is 4.79 Å². The molecule has 0 amide bonds. The normalized spacial score (nSPS) is 9.38. The van der Waals surface area contributed by atoms with Gasteiger partial charge < -0.3 is 5.11 Å². The van der Waals surface area contributed by atoms with E-state index in [0.717, 1.165) is 12.8 Å². The van der Waals surface area contributed by atoms with Crippen LogP contribution in [0.1, 0.15) is 110 Å². The Hall–Kier alpha value is 0.317. The first-order chi connectivity index (χ1) is 11.2. The van der Waals surface area contributed by atoms with Gasteiger partial charge in [-0.15, -0.1) is 0 Å². The van der Waals surface area contributed by atoms with Gasteiger partial charge in [0.1, 0.15) is 0 Å². The number of carboxylic acids is 1. The van der Waals surface area contributed by atoms with Crippen molar-refractivity contribution in [3.05, 3.63) is 0 Å². The zero-order valence-electron chi connectivity index (χ0n) is 15.0. The summed E-state index contributed by atoms with van der Waals surface area (Å²) in [6, 6.07) is 0. The Morgan fingerprint density at radius 2 is 0.917 bits per heavy atom. The average molecular weight is 394 g/mol. The van der Waals surface area contributed by atoms with Crippen LogP contribution in [0.15, 0.2) is 0 Å². The molecule has 0 fully saturated rings. The van der Waals surface area contributed by atoms with Crippen molar-refractivity contribution in [2.75, 3.05) is 0 Å². The summed E-state index contributed by atoms with van der Waals surface area (Å²) in [5.74, 6) is -0.653. The molecule has 0 rings (SSSR count). The summed E-state index contributed by atoms with van der Waals surface area (Å²) in [4.78, 5) is 10.3. The summed E-state index contributed by atoms with van der Waals surface area (Å²) in [5.41, 5.74) is 0. The number of aliphatic carboxylic acids is 1. The van der Waals surface area contributed by atoms with Crippen molar-refractivity contribution in [1.82, 2.24) is 0 Å². The third kappa shape index (κ3) is 33.8. The van der Waals surface area contributed by atoms with E-state index in [9.17, 15) is 4.79 Å². The topological polar surface area (TPSA) is 71.4 Å². The van der Waals surface area contributed by atoms with E-state index in [1.807, 2.05) is 0 Å². The molecule has 0 bridgehead atoms. The van der Waals surface area contributed by atoms with Crippen LogP contribution in [0.2, 0.25) is 0 Å². The number of unbranched alkanes of at least 4 members (excludes halogenated alkanes) is 14. The SMILES string of the molecule is CCCCCCCCCCCCCCCCCC(=O)O.[AlH3].[O]=[Ti]=[O]. The maximum atomic E-state index is 10.3. The fourth-order valence-electron chi connectivity index (χ4n) is 2.65. The Morgan fingerprint density at radius 3 is 1.17 bits per heavy atom. The Bertz CT molecular complexity index is 282. The number of hydrogen-bond donors (Lipinski definition) is 1. The molecule has 0 atom stereocenters. The molecular formula is C18H39AlO4Ti. The average Bonchev–Trinajstić information content (AvgIpc) is 2.51. The van der Waals surface area contributed by atoms with Gasteiger partial charge in [-0.05, 0) is 6.42 Å². The van der Waals surface area contributed by atoms with Gasteiger partial charge in [-0.1, -0.05) is 96.8 Å². The van der Waals surface area contributed by atoms with Crippen molar-refractivity contribution < 1.29 is 35.6 Å². The van der Waals surface area contributed by atoms with Gasteiger partial charge in [-0.2, -0.15) is 0 Å². The van der Waals surface area contributed by atoms with E-state index in [2.05, 4.69) is 6.92 Å². The summed E-state index contributed by atoms with van der Waals surface area (Å²) >= 11 is -2.00. The van der Waals surface area contributed by atoms with Gasteiger partial charge in [0.2, 0.25) is 0 Å². The van der Waals surface area contributed by atoms with Crippen LogP contribution in [0.4, 0.5) is 0 Å². The molecular weight excluding hydrogens is 355 g/mol. The molecule has 0 heterocycles. The number of carboxylic acid groups (broad SMARTS) is 1. The summed E-state index contributed by atoms with van der Waals surface area (Å²) in [6.07, 6.45) is 20.2. The van der Waals surface area contributed by atoms with Crippen LogP contribution in [0.3, 0.4) is 0 Å². The molecule has 6 heteroatoms. The van der Waals surface area contributed by atoms with E-state index in [4.69, 9.17) is 11.8 Å². The van der Waals surface area contributed by atoms with Gasteiger partial charge in [0.05, 0.1) is 0 Å². The van der Waals surface area contributed by atoms with Crippen molar-refractivity contribution in [3.63, 3.8) is 0 Å². The molecule has 1 N–H and O–H groups in total. The molecule has 0 unspecified atom stereocenters. The maximum absolute atomic E-state index is 10.3. The predicted molar refractivity (Wildman–Crippen MR) is 98.5 cm³/mol. The number of rotatable bonds is 16. The Kier molecular flexibility index (Phi) is 34.1. The van der Waals surface area contributed by atoms with E-state index >= 15 is 0 Å². The zero-order chi connectivity index (χ0) is 17.6. The first-order valence-electron chi connectivity index (χ1n) is 9.40. The van der Waals surface area contributed by atoms with Gasteiger partial charge >= 0.3 is 31.7 Å². The molecule has 0 aromatic heterocycles. The standard InChI is InChI=1S/C18H36O2.Al.2O.Ti.3H/c1-2-3-4-5-6-7-8-9-10-11-12-13-14-15-16-17-18(19)20;;;;;;;/h2-17H2,1H3,(H,19,20);;;;;;;. The van der Waals surface area contributed by atoms with Crippen LogP contribution in [0, 0.1) is 0 Å². The van der Waals surface area contributed by atoms with Crippen molar-refractivity contribution >= 4 is 23.3 Å². The molecule has 0 aliphatic carbocycles. The van der Waals surface area contributed by atoms with Crippen LogP contribution >= 0.6 is 0 Å². The summed E-state index contributed by atoms with van der Waals surface area (Å²) in [6.45, 7) is 2.27. The van der Waals surface area contributed by atoms with E-state index in [0.29, 0.717) is 6.42 Å². The summed E-state index contributed by atoms with van der Waals surface area (Å²) < 4.78 is 17.0. The molecule has 0 saturated heterocycles. The fourth-order valence-corrected chi connectivity index (χ4v) is 2.65. The summed E-state index contributed by atoms with van der Waals surface area (Å²) in [7, 11) is 0. The molecule has 0 saturated carbocycles. The molecule has 4 nitrogen and oxygen atoms in total. The van der Waals surface area contributed by atoms with Crippen LogP contribution in [0.25, 0.3) is 0 Å². The first kappa shape index (κ1) is 29.1. The van der Waals surface area contributed by atoms with Crippen LogP contribution in [-0.2, 0) is 30.5 Å². The summed E-state index contributed by atoms with van der Waals surface area (Å²) in [5, 5.41) is 8.52. The molecule has 0 aromatic rings. The van der Waals surface area contributed by atoms with Gasteiger partial charge in [0, 0.05) is 6.42 Å². The second-order valence-electron chi connectivity index (χ2n) is 6.18. The second-order valence-corrected chi connectivity index (χ2v) is 6.44. The second kappa shape index (κ2) is 28.1. The molecule has 142 valence electrons. The van der Waals surface area contributed by atoms with Crippen LogP contribution in [-0.4, -0.2) is 28.4 Å². The monoisotopic (exact) mass is 394 g/mol. The molecule has 0 aliphatic rings. The first-order valence-corrected chi connectivity index (χ1v) is 10.7. The minimum absolute atomic E-state index is 0. The van der Waals surface area contributed by atoms with Crippen molar-refractivity contribution in [3.8, 4) is 0 Å². The molecule has 24 heavy (non-hydrogen) atoms. The van der Waals surface area contributed by atoms with Crippen LogP contribution in [0.5, 0.6) is 0 Å². The van der Waals surface area contributed by atoms with Gasteiger partial charge in [0.25, 0.3) is 0 Å². The molecule has 0 aliphatic heterocycles. The van der Waals surface area contributed by atoms with Gasteiger partial charge in [-0.25, -0.2) is 0 Å². The zero-order valence-corrected chi connectivity index (χ0v) is 16.5. The van der Waals surface area contributed by atoms with E-state index < -0.39 is 25.1 Å². The van der Waals surface area contributed by atoms with Crippen LogP contribution < -0.4 is 0 Å². The number of carbonyl (C=O) groups is 1. The van der Waals surface area contributed by atoms with E-state index in [1.165, 1.54) is 83.5 Å². The van der Waals surface area contributed by atoms with Crippen molar-refractivity contribution in [2.45, 2.75) is 110 Å². The Balaban J connectivity index is -0.00000102. The minimum atomic E-state index is -2.00. The van der Waals surface area contributed by atoms with Crippen molar-refractivity contribution in [2.24, 2.45) is 0 Å². The third-order valence-corrected chi connectivity index (χ3v) is 3.99. The van der Waals surface area contributed by atoms with E-state index in [-0.39, 0.29) is 17.4 Å². The third-order valence-electron chi connectivity index (χ3n) is 3.99. The quantitative estimate of drug-likeness (QED) is 0.298. The Labute approximate surface area is 168 Å². The fraction of sp³-hybridized carbons (Fsp3) is 0.944. The predicted octanol–water partition coefficient (Wildman–Crippen LogP) is 4.91. The molecule has 0 aromatic carbocycles.